The van der Waals surface area contributed by atoms with Crippen molar-refractivity contribution in [3.63, 3.8) is 0 Å². The van der Waals surface area contributed by atoms with Crippen molar-refractivity contribution in [3.8, 4) is 5.75 Å². The van der Waals surface area contributed by atoms with Crippen molar-refractivity contribution >= 4 is 10.8 Å². The van der Waals surface area contributed by atoms with E-state index in [1.165, 1.54) is 17.2 Å². The molecule has 0 bridgehead atoms. The molecule has 0 atom stereocenters. The normalized spacial score (nSPS) is 10.8. The first kappa shape index (κ1) is 12.6. The average Bonchev–Trinajstić information content (AvgIpc) is 3.00. The van der Waals surface area contributed by atoms with Crippen LogP contribution in [0.3, 0.4) is 0 Å². The summed E-state index contributed by atoms with van der Waals surface area (Å²) in [5.41, 5.74) is 1.13. The summed E-state index contributed by atoms with van der Waals surface area (Å²) >= 11 is 0. The van der Waals surface area contributed by atoms with E-state index in [0.717, 1.165) is 17.9 Å². The summed E-state index contributed by atoms with van der Waals surface area (Å²) in [5, 5.41) is 9.31. The van der Waals surface area contributed by atoms with Crippen molar-refractivity contribution < 1.29 is 9.26 Å². The van der Waals surface area contributed by atoms with Crippen LogP contribution in [0.1, 0.15) is 11.4 Å². The molecule has 3 rings (SSSR count). The fourth-order valence-electron chi connectivity index (χ4n) is 2.21. The third kappa shape index (κ3) is 2.48. The molecule has 2 aromatic carbocycles. The van der Waals surface area contributed by atoms with Gasteiger partial charge in [-0.3, -0.25) is 0 Å². The van der Waals surface area contributed by atoms with E-state index in [4.69, 9.17) is 9.26 Å². The van der Waals surface area contributed by atoms with Gasteiger partial charge in [0.15, 0.2) is 6.61 Å². The van der Waals surface area contributed by atoms with E-state index in [9.17, 15) is 0 Å². The van der Waals surface area contributed by atoms with Gasteiger partial charge >= 0.3 is 0 Å². The minimum Gasteiger partial charge on any atom is -0.485 e. The Morgan fingerprint density at radius 2 is 2.10 bits per heavy atom. The number of ether oxygens (including phenoxy) is 1. The molecule has 3 aromatic rings. The molecule has 0 aliphatic rings. The summed E-state index contributed by atoms with van der Waals surface area (Å²) in [6.45, 7) is 1.04. The van der Waals surface area contributed by atoms with E-state index in [1.54, 1.807) is 0 Å². The second-order valence-corrected chi connectivity index (χ2v) is 4.43. The molecule has 0 fully saturated rings. The first-order chi connectivity index (χ1) is 9.88. The van der Waals surface area contributed by atoms with Crippen molar-refractivity contribution in [2.75, 3.05) is 7.05 Å². The number of benzene rings is 2. The Hall–Kier alpha value is -2.40. The fourth-order valence-corrected chi connectivity index (χ4v) is 2.21. The first-order valence-electron chi connectivity index (χ1n) is 6.42. The van der Waals surface area contributed by atoms with Crippen molar-refractivity contribution in [2.24, 2.45) is 0 Å². The van der Waals surface area contributed by atoms with Crippen molar-refractivity contribution in [1.29, 1.82) is 0 Å². The molecule has 1 aromatic heterocycles. The second-order valence-electron chi connectivity index (χ2n) is 4.43. The molecule has 1 heterocycles. The van der Waals surface area contributed by atoms with Gasteiger partial charge in [-0.15, -0.1) is 0 Å². The lowest BCUT2D eigenvalue weighted by molar-refractivity contribution is 0.284. The highest BCUT2D eigenvalue weighted by Crippen LogP contribution is 2.28. The predicted octanol–water partition coefficient (Wildman–Crippen LogP) is 2.52. The molecule has 0 aliphatic carbocycles. The smallest absolute Gasteiger partial charge is 0.213 e. The Morgan fingerprint density at radius 1 is 1.20 bits per heavy atom. The lowest BCUT2D eigenvalue weighted by Crippen LogP contribution is -2.08. The van der Waals surface area contributed by atoms with Crippen LogP contribution in [0.2, 0.25) is 0 Å². The third-order valence-electron chi connectivity index (χ3n) is 3.11. The molecular formula is C15H15N3O2. The second kappa shape index (κ2) is 5.71. The molecular weight excluding hydrogens is 254 g/mol. The Balaban J connectivity index is 1.94. The lowest BCUT2D eigenvalue weighted by Gasteiger charge is -2.13. The minimum atomic E-state index is 0.297. The van der Waals surface area contributed by atoms with E-state index in [-0.39, 0.29) is 0 Å². The number of fused-ring (bicyclic) bond motifs is 1. The highest BCUT2D eigenvalue weighted by molar-refractivity contribution is 5.87. The maximum absolute atomic E-state index is 5.82. The Labute approximate surface area is 116 Å². The van der Waals surface area contributed by atoms with Crippen LogP contribution >= 0.6 is 0 Å². The van der Waals surface area contributed by atoms with Gasteiger partial charge < -0.3 is 14.6 Å². The van der Waals surface area contributed by atoms with E-state index in [1.807, 2.05) is 25.2 Å². The topological polar surface area (TPSA) is 60.2 Å². The zero-order valence-corrected chi connectivity index (χ0v) is 11.2. The Morgan fingerprint density at radius 3 is 2.90 bits per heavy atom. The zero-order valence-electron chi connectivity index (χ0n) is 11.2. The Kier molecular flexibility index (Phi) is 3.60. The summed E-state index contributed by atoms with van der Waals surface area (Å²) in [6, 6.07) is 12.3. The average molecular weight is 269 g/mol. The first-order valence-corrected chi connectivity index (χ1v) is 6.42. The number of hydrogen-bond acceptors (Lipinski definition) is 5. The summed E-state index contributed by atoms with van der Waals surface area (Å²) in [4.78, 5) is 3.95. The summed E-state index contributed by atoms with van der Waals surface area (Å²) < 4.78 is 10.5. The van der Waals surface area contributed by atoms with Crippen LogP contribution in [-0.2, 0) is 13.2 Å². The van der Waals surface area contributed by atoms with Gasteiger partial charge in [-0.2, -0.15) is 4.98 Å². The van der Waals surface area contributed by atoms with Crippen LogP contribution in [0.4, 0.5) is 0 Å². The predicted molar refractivity (Wildman–Crippen MR) is 75.3 cm³/mol. The van der Waals surface area contributed by atoms with Crippen LogP contribution in [0.15, 0.2) is 47.3 Å². The molecule has 102 valence electrons. The summed E-state index contributed by atoms with van der Waals surface area (Å²) in [5.74, 6) is 1.37. The molecule has 0 radical (unpaired) electrons. The maximum atomic E-state index is 5.82. The summed E-state index contributed by atoms with van der Waals surface area (Å²) in [7, 11) is 1.92. The van der Waals surface area contributed by atoms with Gasteiger partial charge in [0.25, 0.3) is 0 Å². The lowest BCUT2D eigenvalue weighted by atomic mass is 10.0. The fraction of sp³-hybridized carbons (Fsp3) is 0.200. The van der Waals surface area contributed by atoms with Gasteiger partial charge in [0.05, 0.1) is 0 Å². The van der Waals surface area contributed by atoms with Crippen LogP contribution in [0.25, 0.3) is 10.8 Å². The van der Waals surface area contributed by atoms with Crippen LogP contribution in [0, 0.1) is 0 Å². The largest absolute Gasteiger partial charge is 0.485 e. The van der Waals surface area contributed by atoms with Crippen molar-refractivity contribution in [2.45, 2.75) is 13.2 Å². The van der Waals surface area contributed by atoms with Gasteiger partial charge in [0, 0.05) is 12.1 Å². The van der Waals surface area contributed by atoms with E-state index >= 15 is 0 Å². The molecule has 0 aliphatic heterocycles. The monoisotopic (exact) mass is 269 g/mol. The number of aromatic nitrogens is 2. The van der Waals surface area contributed by atoms with Crippen molar-refractivity contribution in [1.82, 2.24) is 15.5 Å². The minimum absolute atomic E-state index is 0.297. The van der Waals surface area contributed by atoms with Gasteiger partial charge in [0.1, 0.15) is 5.75 Å². The van der Waals surface area contributed by atoms with Gasteiger partial charge in [-0.05, 0) is 23.9 Å². The molecule has 0 spiro atoms. The number of rotatable bonds is 5. The number of nitrogens with zero attached hydrogens (tertiary/aromatic N) is 2. The summed E-state index contributed by atoms with van der Waals surface area (Å²) in [6.07, 6.45) is 1.30. The van der Waals surface area contributed by atoms with Crippen LogP contribution in [-0.4, -0.2) is 17.2 Å². The molecule has 0 unspecified atom stereocenters. The molecule has 0 saturated heterocycles. The molecule has 0 amide bonds. The van der Waals surface area contributed by atoms with Crippen LogP contribution in [0.5, 0.6) is 5.75 Å². The third-order valence-corrected chi connectivity index (χ3v) is 3.11. The maximum Gasteiger partial charge on any atom is 0.213 e. The number of hydrogen-bond donors (Lipinski definition) is 1. The van der Waals surface area contributed by atoms with Crippen LogP contribution < -0.4 is 10.1 Å². The highest BCUT2D eigenvalue weighted by atomic mass is 16.5. The van der Waals surface area contributed by atoms with Gasteiger partial charge in [-0.1, -0.05) is 35.5 Å². The number of nitrogens with one attached hydrogen (secondary N) is 1. The van der Waals surface area contributed by atoms with Gasteiger partial charge in [0.2, 0.25) is 12.2 Å². The van der Waals surface area contributed by atoms with Crippen molar-refractivity contribution in [3.05, 3.63) is 54.2 Å². The quantitative estimate of drug-likeness (QED) is 0.771. The SMILES string of the molecule is CNCc1c(OCc2ncon2)ccc2ccccc12. The molecule has 5 heteroatoms. The molecule has 20 heavy (non-hydrogen) atoms. The van der Waals surface area contributed by atoms with Gasteiger partial charge in [-0.25, -0.2) is 0 Å². The molecule has 0 saturated carbocycles. The standard InChI is InChI=1S/C15H15N3O2/c1-16-8-13-12-5-3-2-4-11(12)6-7-14(13)19-9-15-17-10-20-18-15/h2-7,10,16H,8-9H2,1H3. The van der Waals surface area contributed by atoms with E-state index in [0.29, 0.717) is 12.4 Å². The molecule has 5 nitrogen and oxygen atoms in total. The molecule has 1 N–H and O–H groups in total. The Bertz CT molecular complexity index is 695. The van der Waals surface area contributed by atoms with E-state index in [2.05, 4.69) is 33.7 Å². The highest BCUT2D eigenvalue weighted by Gasteiger charge is 2.09. The zero-order chi connectivity index (χ0) is 13.8. The van der Waals surface area contributed by atoms with E-state index < -0.39 is 0 Å².